The number of hydrogen-bond donors (Lipinski definition) is 2. The zero-order valence-electron chi connectivity index (χ0n) is 11.9. The first-order chi connectivity index (χ1) is 7.81. The molecule has 0 bridgehead atoms. The van der Waals surface area contributed by atoms with Gasteiger partial charge in [0, 0.05) is 6.04 Å². The Kier molecular flexibility index (Phi) is 7.39. The molecule has 17 heavy (non-hydrogen) atoms. The molecular weight excluding hydrogens is 216 g/mol. The average Bonchev–Trinajstić information content (AvgIpc) is 2.16. The molecule has 0 radical (unpaired) electrons. The summed E-state index contributed by atoms with van der Waals surface area (Å²) in [5, 5.41) is 12.4. The van der Waals surface area contributed by atoms with Gasteiger partial charge >= 0.3 is 5.97 Å². The van der Waals surface area contributed by atoms with Gasteiger partial charge in [0.05, 0.1) is 0 Å². The topological polar surface area (TPSA) is 52.6 Å². The third-order valence-corrected chi connectivity index (χ3v) is 2.90. The van der Waals surface area contributed by atoms with Crippen LogP contribution in [0.5, 0.6) is 0 Å². The zero-order valence-corrected chi connectivity index (χ0v) is 11.9. The Morgan fingerprint density at radius 1 is 1.41 bits per heavy atom. The highest BCUT2D eigenvalue weighted by atomic mass is 16.4. The van der Waals surface area contributed by atoms with Crippen molar-refractivity contribution in [2.45, 2.75) is 58.5 Å². The van der Waals surface area contributed by atoms with Gasteiger partial charge in [-0.1, -0.05) is 6.92 Å². The number of carboxylic acids is 1. The van der Waals surface area contributed by atoms with Gasteiger partial charge in [0.25, 0.3) is 0 Å². The molecule has 0 aromatic carbocycles. The molecule has 1 atom stereocenters. The standard InChI is InChI=1S/C13H28N2O2/c1-6-9-15(5)10-7-8-13(4,12(16)17)14-11(2)3/h11,14H,6-10H2,1-5H3,(H,16,17). The van der Waals surface area contributed by atoms with Gasteiger partial charge in [-0.05, 0) is 60.2 Å². The number of carbonyl (C=O) groups is 1. The fourth-order valence-electron chi connectivity index (χ4n) is 2.07. The number of rotatable bonds is 9. The van der Waals surface area contributed by atoms with Crippen molar-refractivity contribution < 1.29 is 9.90 Å². The molecule has 0 heterocycles. The second-order valence-electron chi connectivity index (χ2n) is 5.34. The Morgan fingerprint density at radius 2 is 2.00 bits per heavy atom. The van der Waals surface area contributed by atoms with E-state index in [0.29, 0.717) is 6.42 Å². The first-order valence-corrected chi connectivity index (χ1v) is 6.51. The van der Waals surface area contributed by atoms with Gasteiger partial charge in [0.15, 0.2) is 0 Å². The van der Waals surface area contributed by atoms with Gasteiger partial charge in [0.1, 0.15) is 5.54 Å². The molecule has 0 aromatic rings. The van der Waals surface area contributed by atoms with Crippen LogP contribution < -0.4 is 5.32 Å². The van der Waals surface area contributed by atoms with E-state index >= 15 is 0 Å². The highest BCUT2D eigenvalue weighted by Crippen LogP contribution is 2.14. The Balaban J connectivity index is 4.14. The van der Waals surface area contributed by atoms with Crippen LogP contribution in [-0.4, -0.2) is 47.7 Å². The Morgan fingerprint density at radius 3 is 2.41 bits per heavy atom. The lowest BCUT2D eigenvalue weighted by molar-refractivity contribution is -0.144. The third-order valence-electron chi connectivity index (χ3n) is 2.90. The van der Waals surface area contributed by atoms with Crippen LogP contribution in [0.1, 0.15) is 47.0 Å². The molecule has 0 rings (SSSR count). The van der Waals surface area contributed by atoms with Crippen molar-refractivity contribution in [2.75, 3.05) is 20.1 Å². The average molecular weight is 244 g/mol. The molecule has 2 N–H and O–H groups in total. The Labute approximate surface area is 105 Å². The van der Waals surface area contributed by atoms with Crippen LogP contribution in [0.4, 0.5) is 0 Å². The van der Waals surface area contributed by atoms with Gasteiger partial charge in [-0.2, -0.15) is 0 Å². The lowest BCUT2D eigenvalue weighted by Gasteiger charge is -2.29. The van der Waals surface area contributed by atoms with Crippen LogP contribution in [-0.2, 0) is 4.79 Å². The van der Waals surface area contributed by atoms with E-state index in [-0.39, 0.29) is 6.04 Å². The first-order valence-electron chi connectivity index (χ1n) is 6.51. The molecule has 4 nitrogen and oxygen atoms in total. The van der Waals surface area contributed by atoms with E-state index in [1.54, 1.807) is 6.92 Å². The highest BCUT2D eigenvalue weighted by Gasteiger charge is 2.32. The van der Waals surface area contributed by atoms with Crippen LogP contribution in [0.15, 0.2) is 0 Å². The third kappa shape index (κ3) is 6.64. The van der Waals surface area contributed by atoms with Crippen molar-refractivity contribution in [3.63, 3.8) is 0 Å². The van der Waals surface area contributed by atoms with E-state index in [1.807, 2.05) is 13.8 Å². The molecule has 1 unspecified atom stereocenters. The van der Waals surface area contributed by atoms with Crippen molar-refractivity contribution in [3.05, 3.63) is 0 Å². The van der Waals surface area contributed by atoms with Crippen molar-refractivity contribution >= 4 is 5.97 Å². The molecule has 4 heteroatoms. The fourth-order valence-corrected chi connectivity index (χ4v) is 2.07. The molecule has 102 valence electrons. The fraction of sp³-hybridized carbons (Fsp3) is 0.923. The molecule has 0 aliphatic heterocycles. The van der Waals surface area contributed by atoms with Crippen LogP contribution >= 0.6 is 0 Å². The minimum absolute atomic E-state index is 0.185. The van der Waals surface area contributed by atoms with Crippen LogP contribution in [0.2, 0.25) is 0 Å². The minimum Gasteiger partial charge on any atom is -0.480 e. The summed E-state index contributed by atoms with van der Waals surface area (Å²) in [5.74, 6) is -0.760. The SMILES string of the molecule is CCCN(C)CCCC(C)(NC(C)C)C(=O)O. The van der Waals surface area contributed by atoms with E-state index in [1.165, 1.54) is 0 Å². The quantitative estimate of drug-likeness (QED) is 0.651. The summed E-state index contributed by atoms with van der Waals surface area (Å²) in [6, 6.07) is 0.185. The first kappa shape index (κ1) is 16.4. The van der Waals surface area contributed by atoms with Crippen molar-refractivity contribution in [1.29, 1.82) is 0 Å². The van der Waals surface area contributed by atoms with E-state index in [0.717, 1.165) is 25.9 Å². The predicted molar refractivity (Wildman–Crippen MR) is 71.3 cm³/mol. The van der Waals surface area contributed by atoms with Crippen LogP contribution in [0, 0.1) is 0 Å². The van der Waals surface area contributed by atoms with Gasteiger partial charge in [-0.15, -0.1) is 0 Å². The van der Waals surface area contributed by atoms with Gasteiger partial charge in [-0.25, -0.2) is 0 Å². The summed E-state index contributed by atoms with van der Waals surface area (Å²) in [5.41, 5.74) is -0.804. The summed E-state index contributed by atoms with van der Waals surface area (Å²) in [6.45, 7) is 9.90. The molecule has 0 aromatic heterocycles. The van der Waals surface area contributed by atoms with Crippen LogP contribution in [0.25, 0.3) is 0 Å². The minimum atomic E-state index is -0.804. The Bertz CT molecular complexity index is 231. The molecule has 0 aliphatic carbocycles. The molecule has 0 saturated carbocycles. The molecule has 0 spiro atoms. The number of carboxylic acid groups (broad SMARTS) is 1. The monoisotopic (exact) mass is 244 g/mol. The lowest BCUT2D eigenvalue weighted by Crippen LogP contribution is -2.52. The number of hydrogen-bond acceptors (Lipinski definition) is 3. The second kappa shape index (κ2) is 7.67. The van der Waals surface area contributed by atoms with E-state index in [9.17, 15) is 9.90 Å². The van der Waals surface area contributed by atoms with Gasteiger partial charge in [-0.3, -0.25) is 10.1 Å². The van der Waals surface area contributed by atoms with Gasteiger partial charge < -0.3 is 10.0 Å². The number of nitrogens with zero attached hydrogens (tertiary/aromatic N) is 1. The van der Waals surface area contributed by atoms with E-state index in [4.69, 9.17) is 0 Å². The molecule has 0 aliphatic rings. The normalized spacial score (nSPS) is 15.2. The molecule has 0 amide bonds. The maximum absolute atomic E-state index is 11.3. The zero-order chi connectivity index (χ0) is 13.5. The van der Waals surface area contributed by atoms with Crippen molar-refractivity contribution in [1.82, 2.24) is 10.2 Å². The van der Waals surface area contributed by atoms with Crippen LogP contribution in [0.3, 0.4) is 0 Å². The van der Waals surface area contributed by atoms with Gasteiger partial charge in [0.2, 0.25) is 0 Å². The van der Waals surface area contributed by atoms with E-state index < -0.39 is 11.5 Å². The largest absolute Gasteiger partial charge is 0.480 e. The molecular formula is C13H28N2O2. The summed E-state index contributed by atoms with van der Waals surface area (Å²) < 4.78 is 0. The molecule has 0 fully saturated rings. The highest BCUT2D eigenvalue weighted by molar-refractivity contribution is 5.78. The maximum atomic E-state index is 11.3. The lowest BCUT2D eigenvalue weighted by atomic mass is 9.94. The van der Waals surface area contributed by atoms with Crippen molar-refractivity contribution in [2.24, 2.45) is 0 Å². The summed E-state index contributed by atoms with van der Waals surface area (Å²) >= 11 is 0. The summed E-state index contributed by atoms with van der Waals surface area (Å²) in [6.07, 6.45) is 2.70. The summed E-state index contributed by atoms with van der Waals surface area (Å²) in [4.78, 5) is 13.5. The number of aliphatic carboxylic acids is 1. The molecule has 0 saturated heterocycles. The maximum Gasteiger partial charge on any atom is 0.323 e. The number of nitrogens with one attached hydrogen (secondary N) is 1. The smallest absolute Gasteiger partial charge is 0.323 e. The predicted octanol–water partition coefficient (Wildman–Crippen LogP) is 1.95. The second-order valence-corrected chi connectivity index (χ2v) is 5.34. The Hall–Kier alpha value is -0.610. The summed E-state index contributed by atoms with van der Waals surface area (Å²) in [7, 11) is 2.08. The van der Waals surface area contributed by atoms with E-state index in [2.05, 4.69) is 24.2 Å². The van der Waals surface area contributed by atoms with Crippen molar-refractivity contribution in [3.8, 4) is 0 Å².